The summed E-state index contributed by atoms with van der Waals surface area (Å²) < 4.78 is 0. The highest BCUT2D eigenvalue weighted by molar-refractivity contribution is 6.13. The third-order valence-corrected chi connectivity index (χ3v) is 0.966. The summed E-state index contributed by atoms with van der Waals surface area (Å²) in [7, 11) is 2.11. The van der Waals surface area contributed by atoms with Gasteiger partial charge in [0.1, 0.15) is 7.85 Å². The number of allylic oxidation sites excluding steroid dienone is 2. The maximum atomic E-state index is 3.11. The van der Waals surface area contributed by atoms with Crippen LogP contribution in [0.5, 0.6) is 0 Å². The standard InChI is InChI=1S/C5H8BN/c6-5-3-1-2-4-7-5/h1-5,7H,6H2. The highest BCUT2D eigenvalue weighted by Gasteiger charge is 1.90. The Kier molecular flexibility index (Phi) is 1.20. The summed E-state index contributed by atoms with van der Waals surface area (Å²) in [5, 5.41) is 3.11. The molecule has 7 heavy (non-hydrogen) atoms. The minimum Gasteiger partial charge on any atom is -0.393 e. The molecule has 1 aliphatic heterocycles. The van der Waals surface area contributed by atoms with Gasteiger partial charge in [-0.3, -0.25) is 0 Å². The zero-order valence-corrected chi connectivity index (χ0v) is 4.39. The third kappa shape index (κ3) is 1.11. The molecule has 0 saturated carbocycles. The fraction of sp³-hybridized carbons (Fsp3) is 0.200. The van der Waals surface area contributed by atoms with Crippen LogP contribution in [0.15, 0.2) is 24.4 Å². The number of hydrogen-bond donors (Lipinski definition) is 1. The predicted octanol–water partition coefficient (Wildman–Crippen LogP) is -0.381. The van der Waals surface area contributed by atoms with Crippen LogP contribution in [0.1, 0.15) is 0 Å². The van der Waals surface area contributed by atoms with Gasteiger partial charge in [-0.1, -0.05) is 12.2 Å². The van der Waals surface area contributed by atoms with E-state index in [9.17, 15) is 0 Å². The molecule has 0 aliphatic carbocycles. The SMILES string of the molecule is BC1C=CC=CN1. The monoisotopic (exact) mass is 93.1 g/mol. The zero-order valence-electron chi connectivity index (χ0n) is 4.39. The van der Waals surface area contributed by atoms with Gasteiger partial charge in [-0.05, 0) is 12.3 Å². The molecule has 0 aromatic carbocycles. The second-order valence-corrected chi connectivity index (χ2v) is 1.70. The molecule has 0 amide bonds. The van der Waals surface area contributed by atoms with Gasteiger partial charge in [0.25, 0.3) is 0 Å². The Labute approximate surface area is 44.5 Å². The van der Waals surface area contributed by atoms with Crippen molar-refractivity contribution in [3.05, 3.63) is 24.4 Å². The highest BCUT2D eigenvalue weighted by Crippen LogP contribution is 1.86. The van der Waals surface area contributed by atoms with Gasteiger partial charge in [0.2, 0.25) is 0 Å². The van der Waals surface area contributed by atoms with Crippen LogP contribution in [0.4, 0.5) is 0 Å². The number of hydrogen-bond acceptors (Lipinski definition) is 1. The lowest BCUT2D eigenvalue weighted by atomic mass is 9.95. The number of dihydropyridines is 1. The molecule has 0 bridgehead atoms. The number of rotatable bonds is 0. The Morgan fingerprint density at radius 1 is 1.43 bits per heavy atom. The van der Waals surface area contributed by atoms with Crippen LogP contribution < -0.4 is 5.32 Å². The maximum Gasteiger partial charge on any atom is 0.135 e. The predicted molar refractivity (Wildman–Crippen MR) is 33.7 cm³/mol. The lowest BCUT2D eigenvalue weighted by Crippen LogP contribution is -2.22. The molecule has 1 unspecified atom stereocenters. The van der Waals surface area contributed by atoms with E-state index in [4.69, 9.17) is 0 Å². The average Bonchev–Trinajstić information content (AvgIpc) is 1.69. The van der Waals surface area contributed by atoms with Gasteiger partial charge in [-0.15, -0.1) is 0 Å². The van der Waals surface area contributed by atoms with Crippen molar-refractivity contribution in [1.29, 1.82) is 0 Å². The molecule has 1 atom stereocenters. The first kappa shape index (κ1) is 4.50. The Morgan fingerprint density at radius 3 is 2.57 bits per heavy atom. The normalized spacial score (nSPS) is 27.1. The van der Waals surface area contributed by atoms with Gasteiger partial charge in [0, 0.05) is 5.94 Å². The van der Waals surface area contributed by atoms with E-state index in [2.05, 4.69) is 19.2 Å². The molecule has 1 nitrogen and oxygen atoms in total. The van der Waals surface area contributed by atoms with Crippen LogP contribution in [-0.2, 0) is 0 Å². The second kappa shape index (κ2) is 1.87. The fourth-order valence-corrected chi connectivity index (χ4v) is 0.549. The van der Waals surface area contributed by atoms with Crippen LogP contribution in [0.25, 0.3) is 0 Å². The molecule has 0 aromatic rings. The van der Waals surface area contributed by atoms with E-state index in [0.29, 0.717) is 5.94 Å². The molecule has 1 rings (SSSR count). The van der Waals surface area contributed by atoms with Gasteiger partial charge in [0.05, 0.1) is 0 Å². The van der Waals surface area contributed by atoms with Gasteiger partial charge in [0.15, 0.2) is 0 Å². The molecule has 1 heterocycles. The summed E-state index contributed by atoms with van der Waals surface area (Å²) in [6.07, 6.45) is 8.09. The van der Waals surface area contributed by atoms with Crippen molar-refractivity contribution in [3.63, 3.8) is 0 Å². The molecule has 36 valence electrons. The Morgan fingerprint density at radius 2 is 2.29 bits per heavy atom. The van der Waals surface area contributed by atoms with E-state index in [1.54, 1.807) is 0 Å². The van der Waals surface area contributed by atoms with Crippen molar-refractivity contribution in [2.75, 3.05) is 0 Å². The summed E-state index contributed by atoms with van der Waals surface area (Å²) in [5.41, 5.74) is 0. The summed E-state index contributed by atoms with van der Waals surface area (Å²) >= 11 is 0. The van der Waals surface area contributed by atoms with E-state index in [-0.39, 0.29) is 0 Å². The van der Waals surface area contributed by atoms with Crippen LogP contribution >= 0.6 is 0 Å². The Hall–Kier alpha value is -0.655. The van der Waals surface area contributed by atoms with Crippen molar-refractivity contribution >= 4 is 7.85 Å². The van der Waals surface area contributed by atoms with E-state index >= 15 is 0 Å². The van der Waals surface area contributed by atoms with Crippen molar-refractivity contribution in [1.82, 2.24) is 5.32 Å². The van der Waals surface area contributed by atoms with Crippen LogP contribution in [0, 0.1) is 0 Å². The zero-order chi connectivity index (χ0) is 5.11. The molecule has 0 radical (unpaired) electrons. The highest BCUT2D eigenvalue weighted by atomic mass is 14.8. The molecule has 2 heteroatoms. The summed E-state index contributed by atoms with van der Waals surface area (Å²) in [6.45, 7) is 0. The third-order valence-electron chi connectivity index (χ3n) is 0.966. The summed E-state index contributed by atoms with van der Waals surface area (Å²) in [5.74, 6) is 0.519. The van der Waals surface area contributed by atoms with Gasteiger partial charge in [-0.2, -0.15) is 0 Å². The smallest absolute Gasteiger partial charge is 0.135 e. The van der Waals surface area contributed by atoms with E-state index in [0.717, 1.165) is 0 Å². The minimum atomic E-state index is 0.519. The minimum absolute atomic E-state index is 0.519. The summed E-state index contributed by atoms with van der Waals surface area (Å²) in [4.78, 5) is 0. The van der Waals surface area contributed by atoms with Crippen LogP contribution in [0.2, 0.25) is 0 Å². The molecular formula is C5H8BN. The molecule has 1 aliphatic rings. The average molecular weight is 92.9 g/mol. The first-order chi connectivity index (χ1) is 3.39. The van der Waals surface area contributed by atoms with Gasteiger partial charge in [-0.25, -0.2) is 0 Å². The van der Waals surface area contributed by atoms with E-state index in [1.165, 1.54) is 0 Å². The van der Waals surface area contributed by atoms with Crippen molar-refractivity contribution < 1.29 is 0 Å². The molecule has 1 N–H and O–H groups in total. The van der Waals surface area contributed by atoms with Gasteiger partial charge >= 0.3 is 0 Å². The van der Waals surface area contributed by atoms with E-state index in [1.807, 2.05) is 18.4 Å². The molecule has 0 aromatic heterocycles. The first-order valence-electron chi connectivity index (χ1n) is 2.49. The maximum absolute atomic E-state index is 3.11. The van der Waals surface area contributed by atoms with Gasteiger partial charge < -0.3 is 5.32 Å². The van der Waals surface area contributed by atoms with Crippen LogP contribution in [0.3, 0.4) is 0 Å². The lowest BCUT2D eigenvalue weighted by molar-refractivity contribution is 0.901. The second-order valence-electron chi connectivity index (χ2n) is 1.70. The van der Waals surface area contributed by atoms with Crippen molar-refractivity contribution in [2.45, 2.75) is 5.94 Å². The van der Waals surface area contributed by atoms with Crippen molar-refractivity contribution in [3.8, 4) is 0 Å². The Balaban J connectivity index is 2.49. The van der Waals surface area contributed by atoms with Crippen molar-refractivity contribution in [2.24, 2.45) is 0 Å². The summed E-state index contributed by atoms with van der Waals surface area (Å²) in [6, 6.07) is 0. The number of nitrogens with one attached hydrogen (secondary N) is 1. The molecule has 0 fully saturated rings. The topological polar surface area (TPSA) is 12.0 Å². The van der Waals surface area contributed by atoms with E-state index < -0.39 is 0 Å². The quantitative estimate of drug-likeness (QED) is 0.402. The lowest BCUT2D eigenvalue weighted by Gasteiger charge is -2.07. The van der Waals surface area contributed by atoms with Crippen LogP contribution in [-0.4, -0.2) is 13.8 Å². The largest absolute Gasteiger partial charge is 0.393 e. The Bertz CT molecular complexity index is 107. The molecule has 0 spiro atoms. The fourth-order valence-electron chi connectivity index (χ4n) is 0.549. The molecular weight excluding hydrogens is 84.9 g/mol. The first-order valence-corrected chi connectivity index (χ1v) is 2.49. The molecule has 0 saturated heterocycles.